The summed E-state index contributed by atoms with van der Waals surface area (Å²) in [5.74, 6) is 0. The summed E-state index contributed by atoms with van der Waals surface area (Å²) in [6.07, 6.45) is 0. The van der Waals surface area contributed by atoms with Crippen molar-refractivity contribution < 1.29 is 0 Å². The highest BCUT2D eigenvalue weighted by molar-refractivity contribution is 6.72. The van der Waals surface area contributed by atoms with Crippen LogP contribution < -0.4 is 65.6 Å². The molecule has 0 nitrogen and oxygen atoms in total. The molecular weight excluding hydrogens is 658 g/mol. The van der Waals surface area contributed by atoms with E-state index in [-0.39, 0.29) is 71.1 Å². The van der Waals surface area contributed by atoms with Crippen molar-refractivity contribution in [1.29, 1.82) is 0 Å². The third-order valence-electron chi connectivity index (χ3n) is 11.3. The summed E-state index contributed by atoms with van der Waals surface area (Å²) in [6, 6.07) is 32.0. The first-order valence-corrected chi connectivity index (χ1v) is 17.8. The molecule has 0 aliphatic heterocycles. The smallest absolute Gasteiger partial charge is 0.110 e. The van der Waals surface area contributed by atoms with Crippen LogP contribution in [0.1, 0.15) is 0 Å². The molecule has 0 spiro atoms. The van der Waals surface area contributed by atoms with E-state index >= 15 is 0 Å². The van der Waals surface area contributed by atoms with Crippen LogP contribution in [-0.4, -0.2) is 94.2 Å². The van der Waals surface area contributed by atoms with Gasteiger partial charge in [-0.05, 0) is 99.4 Å². The van der Waals surface area contributed by atoms with Gasteiger partial charge in [0.25, 0.3) is 0 Å². The molecule has 0 N–H and O–H groups in total. The fourth-order valence-electron chi connectivity index (χ4n) is 8.48. The second-order valence-electron chi connectivity index (χ2n) is 14.2. The molecule has 0 saturated carbocycles. The zero-order chi connectivity index (χ0) is 39.5. The van der Waals surface area contributed by atoms with Crippen molar-refractivity contribution in [2.24, 2.45) is 0 Å². The monoisotopic (exact) mass is 676 g/mol. The highest BCUT2D eigenvalue weighted by Crippen LogP contribution is 2.44. The van der Waals surface area contributed by atoms with E-state index in [9.17, 15) is 0 Å². The lowest BCUT2D eigenvalue weighted by atomic mass is 9.57. The molecule has 12 heteroatoms. The molecule has 0 aliphatic carbocycles. The minimum Gasteiger partial charge on any atom is -0.110 e. The van der Waals surface area contributed by atoms with Crippen LogP contribution in [0.4, 0.5) is 0 Å². The van der Waals surface area contributed by atoms with Crippen LogP contribution in [0.15, 0.2) is 97.1 Å². The van der Waals surface area contributed by atoms with Gasteiger partial charge in [-0.1, -0.05) is 123 Å². The average molecular weight is 674 g/mol. The first kappa shape index (κ1) is 36.7. The summed E-state index contributed by atoms with van der Waals surface area (Å²) < 4.78 is 0. The standard InChI is InChI=1S/C44H16B12/c45-33-25(20-14-13-17-7-1-2-8-18(17)15-20)34(46)40(52)39(51)32(33)27-30-28(35(47)41(53)43(55)37(30)49)26(29-31(27)38(50)44(56)42(54)36(29)48)24-16-19-9-3-4-10-21(19)22-11-5-6-12-23(22)24/h1-16H. The Hall–Kier alpha value is -4.94. The molecule has 9 rings (SSSR count). The third-order valence-corrected chi connectivity index (χ3v) is 11.3. The van der Waals surface area contributed by atoms with Crippen LogP contribution in [0.5, 0.6) is 0 Å². The van der Waals surface area contributed by atoms with E-state index < -0.39 is 0 Å². The van der Waals surface area contributed by atoms with Gasteiger partial charge in [0.15, 0.2) is 0 Å². The molecule has 228 valence electrons. The Labute approximate surface area is 342 Å². The van der Waals surface area contributed by atoms with Gasteiger partial charge in [-0.3, -0.25) is 0 Å². The minimum absolute atomic E-state index is 0.0511. The number of benzene rings is 9. The van der Waals surface area contributed by atoms with E-state index in [4.69, 9.17) is 94.2 Å². The molecule has 0 unspecified atom stereocenters. The molecule has 0 bridgehead atoms. The van der Waals surface area contributed by atoms with Gasteiger partial charge >= 0.3 is 0 Å². The normalized spacial score (nSPS) is 11.7. The number of rotatable bonds is 3. The lowest BCUT2D eigenvalue weighted by Crippen LogP contribution is -2.51. The summed E-state index contributed by atoms with van der Waals surface area (Å²) in [4.78, 5) is 0. The molecule has 9 aromatic carbocycles. The minimum atomic E-state index is 0.0511. The quantitative estimate of drug-likeness (QED) is 0.116. The molecular formula is C44H16B12. The molecule has 56 heavy (non-hydrogen) atoms. The van der Waals surface area contributed by atoms with E-state index in [1.165, 1.54) is 0 Å². The van der Waals surface area contributed by atoms with E-state index in [0.717, 1.165) is 37.9 Å². The van der Waals surface area contributed by atoms with Crippen LogP contribution in [-0.2, 0) is 0 Å². The predicted octanol–water partition coefficient (Wildman–Crippen LogP) is -2.02. The van der Waals surface area contributed by atoms with Gasteiger partial charge in [0.2, 0.25) is 0 Å². The van der Waals surface area contributed by atoms with Crippen LogP contribution in [0.25, 0.3) is 87.2 Å². The van der Waals surface area contributed by atoms with Gasteiger partial charge < -0.3 is 0 Å². The topological polar surface area (TPSA) is 0 Å². The van der Waals surface area contributed by atoms with Crippen LogP contribution in [0, 0.1) is 0 Å². The van der Waals surface area contributed by atoms with Gasteiger partial charge in [-0.2, -0.15) is 0 Å². The lowest BCUT2D eigenvalue weighted by Gasteiger charge is -2.31. The molecule has 0 heterocycles. The van der Waals surface area contributed by atoms with Crippen LogP contribution in [0.3, 0.4) is 0 Å². The van der Waals surface area contributed by atoms with E-state index in [1.807, 2.05) is 78.9 Å². The molecule has 24 radical (unpaired) electrons. The fourth-order valence-corrected chi connectivity index (χ4v) is 8.48. The van der Waals surface area contributed by atoms with Crippen molar-refractivity contribution in [2.75, 3.05) is 0 Å². The maximum absolute atomic E-state index is 7.27. The summed E-state index contributed by atoms with van der Waals surface area (Å²) in [5.41, 5.74) is 4.37. The van der Waals surface area contributed by atoms with Crippen LogP contribution >= 0.6 is 0 Å². The Bertz CT molecular complexity index is 3140. The predicted molar refractivity (Wildman–Crippen MR) is 255 cm³/mol. The highest BCUT2D eigenvalue weighted by Gasteiger charge is 2.28. The van der Waals surface area contributed by atoms with Gasteiger partial charge in [0.1, 0.15) is 94.2 Å². The van der Waals surface area contributed by atoms with Gasteiger partial charge in [0.05, 0.1) is 0 Å². The second-order valence-corrected chi connectivity index (χ2v) is 14.2. The Morgan fingerprint density at radius 3 is 1.25 bits per heavy atom. The van der Waals surface area contributed by atoms with Crippen molar-refractivity contribution in [1.82, 2.24) is 0 Å². The number of fused-ring (bicyclic) bond motifs is 6. The highest BCUT2D eigenvalue weighted by atomic mass is 14.3. The van der Waals surface area contributed by atoms with E-state index in [0.29, 0.717) is 43.8 Å². The van der Waals surface area contributed by atoms with Crippen molar-refractivity contribution in [3.8, 4) is 33.4 Å². The SMILES string of the molecule is [B]c1c([B])c(-c2ccc3ccccc3c2)c([B])c(-c2c3c([B])c([B])c([B])c([B])c3c(-c3cc4ccccc4c4ccccc34)c3c([B])c([B])c([B])c([B])c23)c1[B]. The van der Waals surface area contributed by atoms with Crippen molar-refractivity contribution in [2.45, 2.75) is 0 Å². The zero-order valence-corrected chi connectivity index (χ0v) is 30.2. The molecule has 0 amide bonds. The van der Waals surface area contributed by atoms with E-state index in [2.05, 4.69) is 18.2 Å². The van der Waals surface area contributed by atoms with Crippen molar-refractivity contribution >= 4 is 214 Å². The molecule has 0 atom stereocenters. The number of hydrogen-bond donors (Lipinski definition) is 0. The lowest BCUT2D eigenvalue weighted by molar-refractivity contribution is 1.72. The third kappa shape index (κ3) is 5.10. The largest absolute Gasteiger partial charge is 0.115 e. The maximum atomic E-state index is 7.27. The Morgan fingerprint density at radius 1 is 0.250 bits per heavy atom. The summed E-state index contributed by atoms with van der Waals surface area (Å²) >= 11 is 0. The Kier molecular flexibility index (Phi) is 8.73. The molecule has 0 fully saturated rings. The maximum Gasteiger partial charge on any atom is 0.115 e. The van der Waals surface area contributed by atoms with E-state index in [1.54, 1.807) is 0 Å². The van der Waals surface area contributed by atoms with Crippen molar-refractivity contribution in [3.05, 3.63) is 97.1 Å². The fraction of sp³-hybridized carbons (Fsp3) is 0. The molecule has 0 saturated heterocycles. The van der Waals surface area contributed by atoms with Gasteiger partial charge in [-0.25, -0.2) is 0 Å². The summed E-state index contributed by atoms with van der Waals surface area (Å²) in [5, 5.41) is 7.42. The zero-order valence-electron chi connectivity index (χ0n) is 30.2. The first-order chi connectivity index (χ1) is 26.8. The second kappa shape index (κ2) is 13.3. The van der Waals surface area contributed by atoms with Gasteiger partial charge in [-0.15, -0.1) is 27.3 Å². The summed E-state index contributed by atoms with van der Waals surface area (Å²) in [7, 11) is 82.9. The van der Waals surface area contributed by atoms with Crippen molar-refractivity contribution in [3.63, 3.8) is 0 Å². The number of hydrogen-bond acceptors (Lipinski definition) is 0. The van der Waals surface area contributed by atoms with Crippen LogP contribution in [0.2, 0.25) is 0 Å². The average Bonchev–Trinajstić information content (AvgIpc) is 3.21. The van der Waals surface area contributed by atoms with Gasteiger partial charge in [0, 0.05) is 0 Å². The first-order valence-electron chi connectivity index (χ1n) is 17.8. The summed E-state index contributed by atoms with van der Waals surface area (Å²) in [6.45, 7) is 0. The Balaban J connectivity index is 1.58. The molecule has 0 aliphatic rings. The molecule has 0 aromatic heterocycles. The Morgan fingerprint density at radius 2 is 0.679 bits per heavy atom. The molecule has 9 aromatic rings.